The van der Waals surface area contributed by atoms with Crippen LogP contribution in [-0.4, -0.2) is 21.9 Å². The standard InChI is InChI=1S/C8H9ClFNOS/c1-5(4-12)13-8-7(10)2-6(9)3-11-8/h2-3,5,12H,4H2,1H3. The summed E-state index contributed by atoms with van der Waals surface area (Å²) >= 11 is 6.71. The summed E-state index contributed by atoms with van der Waals surface area (Å²) in [5, 5.41) is 9.22. The van der Waals surface area contributed by atoms with Gasteiger partial charge in [-0.25, -0.2) is 9.37 Å². The second-order valence-electron chi connectivity index (χ2n) is 2.55. The van der Waals surface area contributed by atoms with Gasteiger partial charge in [-0.15, -0.1) is 0 Å². The molecular weight excluding hydrogens is 213 g/mol. The Kier molecular flexibility index (Phi) is 3.96. The highest BCUT2D eigenvalue weighted by Crippen LogP contribution is 2.24. The number of rotatable bonds is 3. The minimum Gasteiger partial charge on any atom is -0.395 e. The number of aromatic nitrogens is 1. The number of nitrogens with zero attached hydrogens (tertiary/aromatic N) is 1. The Hall–Kier alpha value is -0.320. The molecule has 0 aromatic carbocycles. The molecule has 1 aromatic heterocycles. The van der Waals surface area contributed by atoms with Gasteiger partial charge < -0.3 is 5.11 Å². The van der Waals surface area contributed by atoms with Gasteiger partial charge in [0.1, 0.15) is 5.03 Å². The fourth-order valence-electron chi connectivity index (χ4n) is 0.717. The molecule has 0 saturated heterocycles. The summed E-state index contributed by atoms with van der Waals surface area (Å²) in [6.07, 6.45) is 1.39. The van der Waals surface area contributed by atoms with Crippen molar-refractivity contribution in [2.45, 2.75) is 17.2 Å². The molecule has 5 heteroatoms. The Balaban J connectivity index is 2.77. The highest BCUT2D eigenvalue weighted by atomic mass is 35.5. The van der Waals surface area contributed by atoms with Gasteiger partial charge in [0.05, 0.1) is 11.6 Å². The van der Waals surface area contributed by atoms with E-state index in [4.69, 9.17) is 16.7 Å². The third-order valence-corrected chi connectivity index (χ3v) is 2.63. The van der Waals surface area contributed by atoms with Crippen LogP contribution in [0.4, 0.5) is 4.39 Å². The number of halogens is 2. The van der Waals surface area contributed by atoms with E-state index < -0.39 is 5.82 Å². The zero-order chi connectivity index (χ0) is 9.84. The minimum absolute atomic E-state index is 0.00554. The van der Waals surface area contributed by atoms with Crippen molar-refractivity contribution in [3.05, 3.63) is 23.1 Å². The van der Waals surface area contributed by atoms with Gasteiger partial charge in [0, 0.05) is 11.4 Å². The summed E-state index contributed by atoms with van der Waals surface area (Å²) in [6, 6.07) is 1.21. The van der Waals surface area contributed by atoms with Crippen LogP contribution in [0.5, 0.6) is 0 Å². The molecule has 0 spiro atoms. The van der Waals surface area contributed by atoms with Crippen molar-refractivity contribution >= 4 is 23.4 Å². The van der Waals surface area contributed by atoms with E-state index in [2.05, 4.69) is 4.98 Å². The van der Waals surface area contributed by atoms with E-state index in [1.165, 1.54) is 24.0 Å². The van der Waals surface area contributed by atoms with Crippen LogP contribution in [0, 0.1) is 5.82 Å². The van der Waals surface area contributed by atoms with E-state index in [0.717, 1.165) is 0 Å². The lowest BCUT2D eigenvalue weighted by atomic mass is 10.5. The van der Waals surface area contributed by atoms with E-state index in [0.29, 0.717) is 0 Å². The van der Waals surface area contributed by atoms with Crippen molar-refractivity contribution in [3.8, 4) is 0 Å². The van der Waals surface area contributed by atoms with Gasteiger partial charge in [0.15, 0.2) is 5.82 Å². The number of aliphatic hydroxyl groups excluding tert-OH is 1. The Morgan fingerprint density at radius 1 is 1.77 bits per heavy atom. The third kappa shape index (κ3) is 3.14. The minimum atomic E-state index is -0.446. The smallest absolute Gasteiger partial charge is 0.156 e. The fourth-order valence-corrected chi connectivity index (χ4v) is 1.60. The van der Waals surface area contributed by atoms with Crippen LogP contribution in [0.25, 0.3) is 0 Å². The molecule has 0 bridgehead atoms. The molecule has 0 aliphatic carbocycles. The summed E-state index contributed by atoms with van der Waals surface area (Å²) < 4.78 is 13.1. The van der Waals surface area contributed by atoms with E-state index in [1.54, 1.807) is 6.92 Å². The first-order chi connectivity index (χ1) is 6.13. The Labute approximate surface area is 85.1 Å². The quantitative estimate of drug-likeness (QED) is 0.796. The van der Waals surface area contributed by atoms with Crippen molar-refractivity contribution < 1.29 is 9.50 Å². The number of hydrogen-bond acceptors (Lipinski definition) is 3. The van der Waals surface area contributed by atoms with Gasteiger partial charge in [-0.1, -0.05) is 30.3 Å². The third-order valence-electron chi connectivity index (χ3n) is 1.34. The summed E-state index contributed by atoms with van der Waals surface area (Å²) in [5.74, 6) is -0.446. The van der Waals surface area contributed by atoms with Crippen LogP contribution in [0.15, 0.2) is 17.3 Å². The van der Waals surface area contributed by atoms with Crippen LogP contribution in [0.3, 0.4) is 0 Å². The highest BCUT2D eigenvalue weighted by Gasteiger charge is 2.09. The number of aliphatic hydroxyl groups is 1. The maximum atomic E-state index is 13.1. The molecule has 0 amide bonds. The zero-order valence-electron chi connectivity index (χ0n) is 7.00. The van der Waals surface area contributed by atoms with Crippen LogP contribution in [-0.2, 0) is 0 Å². The predicted octanol–water partition coefficient (Wildman–Crippen LogP) is 2.35. The molecule has 1 heterocycles. The van der Waals surface area contributed by atoms with Crippen LogP contribution < -0.4 is 0 Å². The molecule has 0 radical (unpaired) electrons. The van der Waals surface area contributed by atoms with Gasteiger partial charge in [0.2, 0.25) is 0 Å². The van der Waals surface area contributed by atoms with Gasteiger partial charge in [0.25, 0.3) is 0 Å². The molecular formula is C8H9ClFNOS. The van der Waals surface area contributed by atoms with Crippen molar-refractivity contribution in [2.75, 3.05) is 6.61 Å². The molecule has 1 rings (SSSR count). The lowest BCUT2D eigenvalue weighted by molar-refractivity contribution is 0.300. The largest absolute Gasteiger partial charge is 0.395 e. The molecule has 2 nitrogen and oxygen atoms in total. The molecule has 0 saturated carbocycles. The summed E-state index contributed by atoms with van der Waals surface area (Å²) in [7, 11) is 0. The zero-order valence-corrected chi connectivity index (χ0v) is 8.57. The SMILES string of the molecule is CC(CO)Sc1ncc(Cl)cc1F. The van der Waals surface area contributed by atoms with Crippen molar-refractivity contribution in [1.29, 1.82) is 0 Å². The molecule has 0 aliphatic rings. The molecule has 0 aliphatic heterocycles. The lowest BCUT2D eigenvalue weighted by Gasteiger charge is -2.06. The number of thioether (sulfide) groups is 1. The van der Waals surface area contributed by atoms with Crippen LogP contribution >= 0.6 is 23.4 Å². The Morgan fingerprint density at radius 3 is 3.00 bits per heavy atom. The van der Waals surface area contributed by atoms with E-state index in [-0.39, 0.29) is 21.9 Å². The monoisotopic (exact) mass is 221 g/mol. The second-order valence-corrected chi connectivity index (χ2v) is 4.42. The molecule has 72 valence electrons. The van der Waals surface area contributed by atoms with Crippen molar-refractivity contribution in [3.63, 3.8) is 0 Å². The van der Waals surface area contributed by atoms with Crippen molar-refractivity contribution in [2.24, 2.45) is 0 Å². The second kappa shape index (κ2) is 4.79. The van der Waals surface area contributed by atoms with Crippen LogP contribution in [0.1, 0.15) is 6.92 Å². The first-order valence-electron chi connectivity index (χ1n) is 3.72. The maximum absolute atomic E-state index is 13.1. The molecule has 1 unspecified atom stereocenters. The molecule has 0 fully saturated rings. The number of pyridine rings is 1. The predicted molar refractivity (Wildman–Crippen MR) is 51.6 cm³/mol. The number of hydrogen-bond donors (Lipinski definition) is 1. The molecule has 1 atom stereocenters. The normalized spacial score (nSPS) is 12.9. The van der Waals surface area contributed by atoms with Gasteiger partial charge in [-0.05, 0) is 6.07 Å². The van der Waals surface area contributed by atoms with E-state index in [9.17, 15) is 4.39 Å². The average molecular weight is 222 g/mol. The summed E-state index contributed by atoms with van der Waals surface area (Å²) in [4.78, 5) is 3.81. The molecule has 13 heavy (non-hydrogen) atoms. The van der Waals surface area contributed by atoms with E-state index >= 15 is 0 Å². The van der Waals surface area contributed by atoms with Gasteiger partial charge in [-0.2, -0.15) is 0 Å². The van der Waals surface area contributed by atoms with Crippen LogP contribution in [0.2, 0.25) is 5.02 Å². The fraction of sp³-hybridized carbons (Fsp3) is 0.375. The summed E-state index contributed by atoms with van der Waals surface area (Å²) in [6.45, 7) is 1.79. The maximum Gasteiger partial charge on any atom is 0.156 e. The first kappa shape index (κ1) is 10.8. The summed E-state index contributed by atoms with van der Waals surface area (Å²) in [5.41, 5.74) is 0. The molecule has 1 N–H and O–H groups in total. The topological polar surface area (TPSA) is 33.1 Å². The van der Waals surface area contributed by atoms with E-state index in [1.807, 2.05) is 0 Å². The van der Waals surface area contributed by atoms with Crippen molar-refractivity contribution in [1.82, 2.24) is 4.98 Å². The Morgan fingerprint density at radius 2 is 2.46 bits per heavy atom. The molecule has 1 aromatic rings. The van der Waals surface area contributed by atoms with Gasteiger partial charge >= 0.3 is 0 Å². The first-order valence-corrected chi connectivity index (χ1v) is 4.98. The Bertz CT molecular complexity index is 297. The lowest BCUT2D eigenvalue weighted by Crippen LogP contribution is -2.03. The van der Waals surface area contributed by atoms with Gasteiger partial charge in [-0.3, -0.25) is 0 Å². The highest BCUT2D eigenvalue weighted by molar-refractivity contribution is 7.99. The average Bonchev–Trinajstić information content (AvgIpc) is 2.09.